The number of unbranched alkanes of at least 4 members (excludes halogenated alkanes) is 1. The molecule has 0 rings (SSSR count). The van der Waals surface area contributed by atoms with Crippen molar-refractivity contribution in [1.82, 2.24) is 0 Å². The molecule has 0 aliphatic carbocycles. The van der Waals surface area contributed by atoms with E-state index in [-0.39, 0.29) is 11.9 Å². The summed E-state index contributed by atoms with van der Waals surface area (Å²) in [6.07, 6.45) is 3.60. The van der Waals surface area contributed by atoms with Gasteiger partial charge in [0.25, 0.3) is 0 Å². The standard InChI is InChI=1S/C15H26O4S2/c1-4-7-11-21-15(20)12(14(17)19-6-3)9-8-10-13(16)18-5-2/h12H,4-11H2,1-3H3. The summed E-state index contributed by atoms with van der Waals surface area (Å²) < 4.78 is 10.6. The van der Waals surface area contributed by atoms with Crippen molar-refractivity contribution in [3.63, 3.8) is 0 Å². The molecule has 0 N–H and O–H groups in total. The maximum atomic E-state index is 12.0. The van der Waals surface area contributed by atoms with Gasteiger partial charge in [-0.05, 0) is 38.9 Å². The summed E-state index contributed by atoms with van der Waals surface area (Å²) >= 11 is 6.90. The lowest BCUT2D eigenvalue weighted by Gasteiger charge is -2.16. The van der Waals surface area contributed by atoms with Gasteiger partial charge < -0.3 is 9.47 Å². The molecule has 0 saturated heterocycles. The zero-order chi connectivity index (χ0) is 16.1. The zero-order valence-electron chi connectivity index (χ0n) is 13.2. The van der Waals surface area contributed by atoms with Crippen LogP contribution in [0.3, 0.4) is 0 Å². The average molecular weight is 335 g/mol. The number of ether oxygens (including phenoxy) is 2. The number of esters is 2. The minimum atomic E-state index is -0.406. The first-order chi connectivity index (χ1) is 10.1. The minimum absolute atomic E-state index is 0.232. The zero-order valence-corrected chi connectivity index (χ0v) is 14.8. The lowest BCUT2D eigenvalue weighted by atomic mass is 10.0. The number of thioether (sulfide) groups is 1. The highest BCUT2D eigenvalue weighted by atomic mass is 32.2. The summed E-state index contributed by atoms with van der Waals surface area (Å²) in [5.41, 5.74) is 0. The summed E-state index contributed by atoms with van der Waals surface area (Å²) in [6, 6.07) is 0. The van der Waals surface area contributed by atoms with Crippen LogP contribution >= 0.6 is 24.0 Å². The molecule has 4 nitrogen and oxygen atoms in total. The van der Waals surface area contributed by atoms with E-state index in [1.165, 1.54) is 0 Å². The Morgan fingerprint density at radius 2 is 1.76 bits per heavy atom. The number of thiocarbonyl (C=S) groups is 1. The van der Waals surface area contributed by atoms with E-state index in [0.29, 0.717) is 36.7 Å². The van der Waals surface area contributed by atoms with E-state index in [4.69, 9.17) is 21.7 Å². The number of carbonyl (C=O) groups is 2. The molecule has 0 bridgehead atoms. The van der Waals surface area contributed by atoms with Crippen LogP contribution in [0, 0.1) is 5.92 Å². The molecule has 0 saturated carbocycles. The first kappa shape index (κ1) is 20.4. The Morgan fingerprint density at radius 1 is 1.10 bits per heavy atom. The third-order valence-corrected chi connectivity index (χ3v) is 4.48. The third kappa shape index (κ3) is 9.85. The van der Waals surface area contributed by atoms with E-state index < -0.39 is 5.92 Å². The lowest BCUT2D eigenvalue weighted by Crippen LogP contribution is -2.24. The molecule has 0 aliphatic heterocycles. The molecule has 0 fully saturated rings. The van der Waals surface area contributed by atoms with Crippen molar-refractivity contribution in [2.45, 2.75) is 52.9 Å². The van der Waals surface area contributed by atoms with E-state index in [9.17, 15) is 9.59 Å². The van der Waals surface area contributed by atoms with Crippen molar-refractivity contribution >= 4 is 40.1 Å². The van der Waals surface area contributed by atoms with Crippen molar-refractivity contribution in [3.8, 4) is 0 Å². The van der Waals surface area contributed by atoms with E-state index in [2.05, 4.69) is 6.92 Å². The Kier molecular flexibility index (Phi) is 12.7. The van der Waals surface area contributed by atoms with Crippen LogP contribution < -0.4 is 0 Å². The predicted octanol–water partition coefficient (Wildman–Crippen LogP) is 3.76. The van der Waals surface area contributed by atoms with Gasteiger partial charge in [0.15, 0.2) is 0 Å². The second-order valence-corrected chi connectivity index (χ2v) is 6.36. The van der Waals surface area contributed by atoms with Gasteiger partial charge in [-0.3, -0.25) is 9.59 Å². The van der Waals surface area contributed by atoms with E-state index >= 15 is 0 Å². The van der Waals surface area contributed by atoms with Crippen molar-refractivity contribution in [2.24, 2.45) is 5.92 Å². The second kappa shape index (κ2) is 13.1. The Labute approximate surface area is 137 Å². The highest BCUT2D eigenvalue weighted by molar-refractivity contribution is 8.23. The van der Waals surface area contributed by atoms with Crippen molar-refractivity contribution < 1.29 is 19.1 Å². The average Bonchev–Trinajstić information content (AvgIpc) is 2.44. The molecule has 0 spiro atoms. The fraction of sp³-hybridized carbons (Fsp3) is 0.800. The van der Waals surface area contributed by atoms with E-state index in [1.807, 2.05) is 0 Å². The van der Waals surface area contributed by atoms with Crippen molar-refractivity contribution in [2.75, 3.05) is 19.0 Å². The molecule has 0 heterocycles. The highest BCUT2D eigenvalue weighted by Gasteiger charge is 2.24. The Bertz CT molecular complexity index is 332. The number of hydrogen-bond acceptors (Lipinski definition) is 6. The van der Waals surface area contributed by atoms with Gasteiger partial charge in [-0.2, -0.15) is 0 Å². The Morgan fingerprint density at radius 3 is 2.33 bits per heavy atom. The first-order valence-electron chi connectivity index (χ1n) is 7.55. The molecule has 1 atom stereocenters. The van der Waals surface area contributed by atoms with Gasteiger partial charge in [0, 0.05) is 6.42 Å². The maximum absolute atomic E-state index is 12.0. The highest BCUT2D eigenvalue weighted by Crippen LogP contribution is 2.22. The maximum Gasteiger partial charge on any atom is 0.314 e. The molecule has 6 heteroatoms. The quantitative estimate of drug-likeness (QED) is 0.326. The van der Waals surface area contributed by atoms with Crippen LogP contribution in [0.2, 0.25) is 0 Å². The molecule has 0 radical (unpaired) electrons. The molecule has 0 aromatic rings. The monoisotopic (exact) mass is 334 g/mol. The number of carbonyl (C=O) groups excluding carboxylic acids is 2. The molecular formula is C15H26O4S2. The Hall–Kier alpha value is -0.620. The number of hydrogen-bond donors (Lipinski definition) is 0. The van der Waals surface area contributed by atoms with Gasteiger partial charge in [-0.25, -0.2) is 0 Å². The molecule has 1 unspecified atom stereocenters. The van der Waals surface area contributed by atoms with Gasteiger partial charge in [-0.1, -0.05) is 25.6 Å². The summed E-state index contributed by atoms with van der Waals surface area (Å²) in [4.78, 5) is 23.3. The van der Waals surface area contributed by atoms with Gasteiger partial charge >= 0.3 is 11.9 Å². The summed E-state index contributed by atoms with van der Waals surface area (Å²) in [5, 5.41) is 0. The largest absolute Gasteiger partial charge is 0.466 e. The third-order valence-electron chi connectivity index (χ3n) is 2.78. The fourth-order valence-electron chi connectivity index (χ4n) is 1.68. The minimum Gasteiger partial charge on any atom is -0.466 e. The van der Waals surface area contributed by atoms with E-state index in [1.54, 1.807) is 25.6 Å². The molecule has 0 aromatic carbocycles. The van der Waals surface area contributed by atoms with Crippen LogP contribution in [0.15, 0.2) is 0 Å². The molecule has 0 aromatic heterocycles. The van der Waals surface area contributed by atoms with E-state index in [0.717, 1.165) is 18.6 Å². The molecule has 0 aliphatic rings. The lowest BCUT2D eigenvalue weighted by molar-refractivity contribution is -0.147. The Balaban J connectivity index is 4.35. The molecule has 122 valence electrons. The topological polar surface area (TPSA) is 52.6 Å². The van der Waals surface area contributed by atoms with Crippen molar-refractivity contribution in [3.05, 3.63) is 0 Å². The summed E-state index contributed by atoms with van der Waals surface area (Å²) in [7, 11) is 0. The smallest absolute Gasteiger partial charge is 0.314 e. The van der Waals surface area contributed by atoms with Gasteiger partial charge in [0.05, 0.1) is 23.3 Å². The molecular weight excluding hydrogens is 308 g/mol. The number of rotatable bonds is 11. The van der Waals surface area contributed by atoms with Crippen LogP contribution in [0.25, 0.3) is 0 Å². The summed E-state index contributed by atoms with van der Waals surface area (Å²) in [6.45, 7) is 6.40. The summed E-state index contributed by atoms with van der Waals surface area (Å²) in [5.74, 6) is -0.000379. The van der Waals surface area contributed by atoms with Crippen LogP contribution in [-0.4, -0.2) is 35.1 Å². The van der Waals surface area contributed by atoms with Crippen LogP contribution in [-0.2, 0) is 19.1 Å². The van der Waals surface area contributed by atoms with Gasteiger partial charge in [0.1, 0.15) is 0 Å². The normalized spacial score (nSPS) is 11.8. The molecule has 21 heavy (non-hydrogen) atoms. The van der Waals surface area contributed by atoms with Crippen LogP contribution in [0.5, 0.6) is 0 Å². The van der Waals surface area contributed by atoms with Gasteiger partial charge in [0.2, 0.25) is 0 Å². The van der Waals surface area contributed by atoms with Crippen LogP contribution in [0.1, 0.15) is 52.9 Å². The SMILES string of the molecule is CCCCSC(=S)C(CCCC(=O)OCC)C(=O)OCC. The second-order valence-electron chi connectivity index (χ2n) is 4.52. The first-order valence-corrected chi connectivity index (χ1v) is 8.95. The van der Waals surface area contributed by atoms with Gasteiger partial charge in [-0.15, -0.1) is 11.8 Å². The van der Waals surface area contributed by atoms with Crippen molar-refractivity contribution in [1.29, 1.82) is 0 Å². The van der Waals surface area contributed by atoms with Crippen LogP contribution in [0.4, 0.5) is 0 Å². The molecule has 0 amide bonds. The predicted molar refractivity (Wildman–Crippen MR) is 90.6 cm³/mol. The fourth-order valence-corrected chi connectivity index (χ4v) is 3.19.